The van der Waals surface area contributed by atoms with Crippen LogP contribution in [0.1, 0.15) is 18.1 Å². The predicted molar refractivity (Wildman–Crippen MR) is 137 cm³/mol. The Morgan fingerprint density at radius 3 is 2.49 bits per heavy atom. The fraction of sp³-hybridized carbons (Fsp3) is 0.192. The number of halogens is 2. The van der Waals surface area contributed by atoms with Crippen LogP contribution >= 0.6 is 23.2 Å². The maximum absolute atomic E-state index is 12.9. The summed E-state index contributed by atoms with van der Waals surface area (Å²) in [4.78, 5) is 25.8. The quantitative estimate of drug-likeness (QED) is 0.305. The number of ether oxygens (including phenoxy) is 2. The first-order valence-electron chi connectivity index (χ1n) is 10.8. The molecular formula is C26H25Cl2N3O4. The van der Waals surface area contributed by atoms with Crippen molar-refractivity contribution in [1.82, 2.24) is 10.7 Å². The van der Waals surface area contributed by atoms with E-state index in [0.29, 0.717) is 16.5 Å². The largest absolute Gasteiger partial charge is 0.497 e. The molecule has 0 aliphatic carbocycles. The number of methoxy groups -OCH3 is 1. The topological polar surface area (TPSA) is 89.0 Å². The fourth-order valence-corrected chi connectivity index (χ4v) is 3.59. The van der Waals surface area contributed by atoms with Gasteiger partial charge in [-0.25, -0.2) is 5.43 Å². The summed E-state index contributed by atoms with van der Waals surface area (Å²) >= 11 is 12.1. The lowest BCUT2D eigenvalue weighted by Gasteiger charge is -2.21. The number of nitrogens with one attached hydrogen (secondary N) is 2. The van der Waals surface area contributed by atoms with Crippen molar-refractivity contribution in [3.05, 3.63) is 94.0 Å². The van der Waals surface area contributed by atoms with Crippen molar-refractivity contribution >= 4 is 41.2 Å². The number of hydrogen-bond donors (Lipinski definition) is 2. The highest BCUT2D eigenvalue weighted by atomic mass is 35.5. The lowest BCUT2D eigenvalue weighted by molar-refractivity contribution is -0.132. The van der Waals surface area contributed by atoms with E-state index < -0.39 is 24.0 Å². The molecular weight excluding hydrogens is 489 g/mol. The van der Waals surface area contributed by atoms with E-state index in [9.17, 15) is 9.59 Å². The van der Waals surface area contributed by atoms with Crippen molar-refractivity contribution in [3.8, 4) is 11.5 Å². The summed E-state index contributed by atoms with van der Waals surface area (Å²) in [7, 11) is 1.57. The molecule has 0 fully saturated rings. The van der Waals surface area contributed by atoms with Gasteiger partial charge in [-0.15, -0.1) is 0 Å². The van der Waals surface area contributed by atoms with E-state index >= 15 is 0 Å². The minimum atomic E-state index is -0.917. The molecule has 35 heavy (non-hydrogen) atoms. The Morgan fingerprint density at radius 1 is 1.00 bits per heavy atom. The molecule has 0 spiro atoms. The molecule has 0 aromatic heterocycles. The van der Waals surface area contributed by atoms with Gasteiger partial charge in [0.2, 0.25) is 0 Å². The number of hydrogen-bond acceptors (Lipinski definition) is 5. The van der Waals surface area contributed by atoms with Crippen molar-refractivity contribution in [2.24, 2.45) is 5.10 Å². The molecule has 0 heterocycles. The van der Waals surface area contributed by atoms with Crippen molar-refractivity contribution in [2.45, 2.75) is 25.5 Å². The van der Waals surface area contributed by atoms with Crippen LogP contribution < -0.4 is 20.2 Å². The molecule has 2 N–H and O–H groups in total. The second-order valence-corrected chi connectivity index (χ2v) is 8.44. The summed E-state index contributed by atoms with van der Waals surface area (Å²) in [6.07, 6.45) is 0.845. The standard InChI is InChI=1S/C26H25Cl2N3O4/c1-17(35-24-12-11-20(27)15-22(24)28)25(32)30-23(14-18-7-4-3-5-8-18)26(33)31-29-16-19-9-6-10-21(13-19)34-2/h3-13,15-17,23H,14H2,1-2H3,(H,30,32)(H,31,33)/b29-16-/t17-,23-/m0/s1. The second kappa shape index (κ2) is 12.8. The monoisotopic (exact) mass is 513 g/mol. The van der Waals surface area contributed by atoms with Crippen LogP contribution in [0.25, 0.3) is 0 Å². The molecule has 0 radical (unpaired) electrons. The van der Waals surface area contributed by atoms with Crippen LogP contribution in [0.3, 0.4) is 0 Å². The maximum atomic E-state index is 12.9. The molecule has 3 rings (SSSR count). The molecule has 0 bridgehead atoms. The van der Waals surface area contributed by atoms with Gasteiger partial charge in [-0.2, -0.15) is 5.10 Å². The SMILES string of the molecule is COc1cccc(/C=N\NC(=O)[C@H](Cc2ccccc2)NC(=O)[C@H](C)Oc2ccc(Cl)cc2Cl)c1. The van der Waals surface area contributed by atoms with Gasteiger partial charge in [0, 0.05) is 11.4 Å². The number of carbonyl (C=O) groups is 2. The van der Waals surface area contributed by atoms with Gasteiger partial charge in [0.05, 0.1) is 18.3 Å². The Bertz CT molecular complexity index is 1190. The summed E-state index contributed by atoms with van der Waals surface area (Å²) in [6, 6.07) is 20.4. The minimum Gasteiger partial charge on any atom is -0.497 e. The molecule has 3 aromatic carbocycles. The van der Waals surface area contributed by atoms with E-state index in [2.05, 4.69) is 15.8 Å². The summed E-state index contributed by atoms with van der Waals surface area (Å²) in [5.41, 5.74) is 4.12. The minimum absolute atomic E-state index is 0.265. The van der Waals surface area contributed by atoms with E-state index in [4.69, 9.17) is 32.7 Å². The lowest BCUT2D eigenvalue weighted by atomic mass is 10.1. The van der Waals surface area contributed by atoms with Gasteiger partial charge < -0.3 is 14.8 Å². The van der Waals surface area contributed by atoms with Gasteiger partial charge in [0.1, 0.15) is 17.5 Å². The number of benzene rings is 3. The van der Waals surface area contributed by atoms with Gasteiger partial charge in [0.15, 0.2) is 6.10 Å². The van der Waals surface area contributed by atoms with E-state index in [1.165, 1.54) is 12.3 Å². The third-order valence-electron chi connectivity index (χ3n) is 4.96. The van der Waals surface area contributed by atoms with Crippen LogP contribution in [-0.4, -0.2) is 37.3 Å². The highest BCUT2D eigenvalue weighted by Gasteiger charge is 2.25. The van der Waals surface area contributed by atoms with Crippen molar-refractivity contribution in [2.75, 3.05) is 7.11 Å². The van der Waals surface area contributed by atoms with Crippen molar-refractivity contribution in [1.29, 1.82) is 0 Å². The zero-order valence-electron chi connectivity index (χ0n) is 19.2. The molecule has 0 saturated heterocycles. The third kappa shape index (κ3) is 8.02. The molecule has 9 heteroatoms. The predicted octanol–water partition coefficient (Wildman–Crippen LogP) is 4.65. The Kier molecular flexibility index (Phi) is 9.52. The smallest absolute Gasteiger partial charge is 0.262 e. The molecule has 2 amide bonds. The molecule has 182 valence electrons. The van der Waals surface area contributed by atoms with Gasteiger partial charge in [-0.05, 0) is 48.4 Å². The Labute approximate surface area is 214 Å². The molecule has 0 unspecified atom stereocenters. The third-order valence-corrected chi connectivity index (χ3v) is 5.50. The van der Waals surface area contributed by atoms with Gasteiger partial charge in [-0.3, -0.25) is 9.59 Å². The van der Waals surface area contributed by atoms with Crippen LogP contribution in [0.4, 0.5) is 0 Å². The molecule has 0 aliphatic rings. The van der Waals surface area contributed by atoms with E-state index in [-0.39, 0.29) is 11.4 Å². The highest BCUT2D eigenvalue weighted by Crippen LogP contribution is 2.28. The Morgan fingerprint density at radius 2 is 1.77 bits per heavy atom. The summed E-state index contributed by atoms with van der Waals surface area (Å²) < 4.78 is 10.9. The zero-order valence-corrected chi connectivity index (χ0v) is 20.7. The first-order valence-corrected chi connectivity index (χ1v) is 11.5. The summed E-state index contributed by atoms with van der Waals surface area (Å²) in [6.45, 7) is 1.57. The number of rotatable bonds is 10. The molecule has 0 saturated carbocycles. The first-order chi connectivity index (χ1) is 16.9. The zero-order chi connectivity index (χ0) is 25.2. The number of carbonyl (C=O) groups excluding carboxylic acids is 2. The van der Waals surface area contributed by atoms with E-state index in [1.807, 2.05) is 48.5 Å². The van der Waals surface area contributed by atoms with E-state index in [0.717, 1.165) is 11.1 Å². The normalized spacial score (nSPS) is 12.6. The Hall–Kier alpha value is -3.55. The summed E-state index contributed by atoms with van der Waals surface area (Å²) in [5.74, 6) is 0.0249. The van der Waals surface area contributed by atoms with Crippen LogP contribution in [-0.2, 0) is 16.0 Å². The van der Waals surface area contributed by atoms with E-state index in [1.54, 1.807) is 32.2 Å². The van der Waals surface area contributed by atoms with Gasteiger partial charge in [0.25, 0.3) is 11.8 Å². The van der Waals surface area contributed by atoms with Crippen LogP contribution in [0.5, 0.6) is 11.5 Å². The van der Waals surface area contributed by atoms with Crippen LogP contribution in [0.15, 0.2) is 77.9 Å². The first kappa shape index (κ1) is 26.1. The highest BCUT2D eigenvalue weighted by molar-refractivity contribution is 6.35. The van der Waals surface area contributed by atoms with Gasteiger partial charge in [-0.1, -0.05) is 65.7 Å². The average Bonchev–Trinajstić information content (AvgIpc) is 2.86. The molecule has 2 atom stereocenters. The van der Waals surface area contributed by atoms with Crippen LogP contribution in [0, 0.1) is 0 Å². The molecule has 3 aromatic rings. The maximum Gasteiger partial charge on any atom is 0.262 e. The summed E-state index contributed by atoms with van der Waals surface area (Å²) in [5, 5.41) is 7.50. The van der Waals surface area contributed by atoms with Crippen LogP contribution in [0.2, 0.25) is 10.0 Å². The number of nitrogens with zero attached hydrogens (tertiary/aromatic N) is 1. The van der Waals surface area contributed by atoms with Crippen molar-refractivity contribution < 1.29 is 19.1 Å². The number of amides is 2. The lowest BCUT2D eigenvalue weighted by Crippen LogP contribution is -2.50. The fourth-order valence-electron chi connectivity index (χ4n) is 3.13. The molecule has 7 nitrogen and oxygen atoms in total. The average molecular weight is 514 g/mol. The number of hydrazone groups is 1. The molecule has 0 aliphatic heterocycles. The van der Waals surface area contributed by atoms with Gasteiger partial charge >= 0.3 is 0 Å². The van der Waals surface area contributed by atoms with Crippen molar-refractivity contribution in [3.63, 3.8) is 0 Å². The second-order valence-electron chi connectivity index (χ2n) is 7.60. The Balaban J connectivity index is 1.68.